The molecule has 32 heavy (non-hydrogen) atoms. The summed E-state index contributed by atoms with van der Waals surface area (Å²) in [5.74, 6) is 0. The summed E-state index contributed by atoms with van der Waals surface area (Å²) in [6, 6.07) is 0. The van der Waals surface area contributed by atoms with Gasteiger partial charge in [-0.15, -0.1) is 0 Å². The van der Waals surface area contributed by atoms with Crippen LogP contribution < -0.4 is 0 Å². The van der Waals surface area contributed by atoms with Gasteiger partial charge >= 0.3 is 187 Å². The predicted molar refractivity (Wildman–Crippen MR) is 115 cm³/mol. The van der Waals surface area contributed by atoms with E-state index in [0.29, 0.717) is 19.3 Å². The van der Waals surface area contributed by atoms with Crippen LogP contribution in [0.5, 0.6) is 0 Å². The van der Waals surface area contributed by atoms with Gasteiger partial charge in [-0.25, -0.2) is 0 Å². The van der Waals surface area contributed by atoms with Gasteiger partial charge in [0.15, 0.2) is 0 Å². The van der Waals surface area contributed by atoms with E-state index in [9.17, 15) is 43.2 Å². The Hall–Kier alpha value is -0.170. The van der Waals surface area contributed by atoms with Crippen LogP contribution in [0, 0.1) is 0 Å². The molecule has 0 fully saturated rings. The zero-order valence-electron chi connectivity index (χ0n) is 18.8. The van der Waals surface area contributed by atoms with Crippen LogP contribution in [0.3, 0.4) is 0 Å². The van der Waals surface area contributed by atoms with E-state index < -0.39 is 47.5 Å². The topological polar surface area (TPSA) is 80.8 Å². The third kappa shape index (κ3) is 6.49. The number of methoxy groups -OCH3 is 1. The molecule has 0 atom stereocenters. The molecule has 0 aliphatic carbocycles. The summed E-state index contributed by atoms with van der Waals surface area (Å²) in [6.07, 6.45) is -0.390. The van der Waals surface area contributed by atoms with E-state index >= 15 is 0 Å². The Balaban J connectivity index is 7.79. The normalized spacial score (nSPS) is 15.7. The molecule has 0 saturated heterocycles. The van der Waals surface area contributed by atoms with E-state index in [0.717, 1.165) is 0 Å². The summed E-state index contributed by atoms with van der Waals surface area (Å²) in [6.45, 7) is -0.422. The van der Waals surface area contributed by atoms with Gasteiger partial charge in [-0.05, 0) is 0 Å². The van der Waals surface area contributed by atoms with Gasteiger partial charge in [0, 0.05) is 0 Å². The second kappa shape index (κ2) is 11.5. The van der Waals surface area contributed by atoms with Gasteiger partial charge in [0.1, 0.15) is 0 Å². The average Bonchev–Trinajstić information content (AvgIpc) is 2.66. The molecule has 0 aliphatic rings. The Kier molecular flexibility index (Phi) is 11.4. The van der Waals surface area contributed by atoms with E-state index in [1.54, 1.807) is 20.8 Å². The van der Waals surface area contributed by atoms with Crippen LogP contribution in [0.25, 0.3) is 0 Å². The first-order valence-electron chi connectivity index (χ1n) is 10.4. The van der Waals surface area contributed by atoms with Crippen LogP contribution in [0.4, 0.5) is 26.3 Å². The predicted octanol–water partition coefficient (Wildman–Crippen LogP) is 5.50. The number of rotatable bonds is 15. The fourth-order valence-electron chi connectivity index (χ4n) is 3.93. The van der Waals surface area contributed by atoms with Gasteiger partial charge in [-0.3, -0.25) is 0 Å². The summed E-state index contributed by atoms with van der Waals surface area (Å²) in [7, 11) is -12.6. The van der Waals surface area contributed by atoms with Crippen LogP contribution in [0.2, 0.25) is 0 Å². The van der Waals surface area contributed by atoms with Crippen LogP contribution in [0.15, 0.2) is 0 Å². The van der Waals surface area contributed by atoms with Crippen molar-refractivity contribution in [1.29, 1.82) is 0 Å². The first-order valence-corrected chi connectivity index (χ1v) is 16.2. The summed E-state index contributed by atoms with van der Waals surface area (Å²) >= 11 is 0. The molecule has 0 spiro atoms. The second-order valence-electron chi connectivity index (χ2n) is 7.93. The summed E-state index contributed by atoms with van der Waals surface area (Å²) < 4.78 is 137. The Morgan fingerprint density at radius 3 is 1.22 bits per heavy atom. The fourth-order valence-corrected chi connectivity index (χ4v) is 19.2. The van der Waals surface area contributed by atoms with Crippen molar-refractivity contribution in [2.75, 3.05) is 38.4 Å². The fraction of sp³-hybridized carbons (Fsp3) is 1.00. The summed E-state index contributed by atoms with van der Waals surface area (Å²) in [5.41, 5.74) is -12.5. The Morgan fingerprint density at radius 2 is 1.00 bits per heavy atom. The molecule has 15 heteroatoms. The molecule has 0 amide bonds. The van der Waals surface area contributed by atoms with Gasteiger partial charge in [-0.2, -0.15) is 0 Å². The van der Waals surface area contributed by atoms with E-state index in [4.69, 9.17) is 4.74 Å². The average molecular weight is 542 g/mol. The first kappa shape index (κ1) is 31.8. The van der Waals surface area contributed by atoms with Crippen molar-refractivity contribution in [3.05, 3.63) is 0 Å². The molecular weight excluding hydrogens is 507 g/mol. The molecule has 0 N–H and O–H groups in total. The molecular formula is C17H34F6NO5PS2. The van der Waals surface area contributed by atoms with Crippen LogP contribution in [-0.4, -0.2) is 69.7 Å². The van der Waals surface area contributed by atoms with Crippen LogP contribution >= 0.6 is 6.75 Å². The van der Waals surface area contributed by atoms with Crippen molar-refractivity contribution >= 4 is 26.8 Å². The van der Waals surface area contributed by atoms with Gasteiger partial charge in [0.25, 0.3) is 0 Å². The maximum absolute atomic E-state index is 13.7. The molecule has 0 aromatic carbocycles. The molecule has 0 heterocycles. The van der Waals surface area contributed by atoms with Crippen LogP contribution in [0.1, 0.15) is 59.3 Å². The Bertz CT molecular complexity index is 712. The third-order valence-electron chi connectivity index (χ3n) is 5.59. The molecule has 0 aliphatic heterocycles. The molecule has 0 saturated carbocycles. The second-order valence-corrected chi connectivity index (χ2v) is 18.3. The van der Waals surface area contributed by atoms with Crippen molar-refractivity contribution in [2.24, 2.45) is 0 Å². The van der Waals surface area contributed by atoms with Crippen molar-refractivity contribution in [3.8, 4) is 0 Å². The zero-order valence-corrected chi connectivity index (χ0v) is 21.3. The Labute approximate surface area is 187 Å². The molecule has 0 rings (SSSR count). The summed E-state index contributed by atoms with van der Waals surface area (Å²) in [5, 5.41) is 0. The van der Waals surface area contributed by atoms with Gasteiger partial charge in [0.05, 0.1) is 0 Å². The number of nitrogens with zero attached hydrogens (tertiary/aromatic N) is 1. The first-order chi connectivity index (χ1) is 14.4. The molecule has 196 valence electrons. The number of ether oxygens (including phenoxy) is 1. The molecule has 6 nitrogen and oxygen atoms in total. The van der Waals surface area contributed by atoms with E-state index in [1.165, 1.54) is 7.11 Å². The van der Waals surface area contributed by atoms with Crippen molar-refractivity contribution in [2.45, 2.75) is 70.3 Å². The van der Waals surface area contributed by atoms with Crippen LogP contribution in [-0.2, 0) is 24.8 Å². The summed E-state index contributed by atoms with van der Waals surface area (Å²) in [4.78, 5) is 0. The van der Waals surface area contributed by atoms with Gasteiger partial charge < -0.3 is 0 Å². The molecule has 0 bridgehead atoms. The number of hydrogen-bond donors (Lipinski definition) is 0. The SMILES string of the molecule is CCCCP(CCCC)(CCCC)(CCOC)N(S(=O)(=O)C(F)(F)F)S(=O)(=O)C(F)(F)F. The number of alkyl halides is 6. The number of halogens is 6. The zero-order chi connectivity index (χ0) is 25.5. The minimum atomic E-state index is -6.89. The number of hydrogen-bond acceptors (Lipinski definition) is 5. The van der Waals surface area contributed by atoms with Crippen molar-refractivity contribution in [3.63, 3.8) is 0 Å². The quantitative estimate of drug-likeness (QED) is 0.202. The van der Waals surface area contributed by atoms with Gasteiger partial charge in [-0.1, -0.05) is 0 Å². The van der Waals surface area contributed by atoms with Crippen molar-refractivity contribution in [1.82, 2.24) is 3.48 Å². The monoisotopic (exact) mass is 541 g/mol. The number of unbranched alkanes of at least 4 members (excludes halogenated alkanes) is 3. The molecule has 0 unspecified atom stereocenters. The van der Waals surface area contributed by atoms with E-state index in [2.05, 4.69) is 0 Å². The molecule has 0 aromatic heterocycles. The minimum absolute atomic E-state index is 0.0756. The standard InChI is InChI=1S/C17H34F6NO5PS2/c1-5-8-12-30(13-9-6-2,14-10-7-3,15-11-29-4)24(31(25,26)16(18,19)20)32(27,28)17(21,22)23/h5-15H2,1-4H3. The maximum atomic E-state index is 13.7. The van der Waals surface area contributed by atoms with Crippen molar-refractivity contribution < 1.29 is 47.9 Å². The number of sulfonamides is 2. The van der Waals surface area contributed by atoms with E-state index in [1.807, 2.05) is 0 Å². The third-order valence-corrected chi connectivity index (χ3v) is 19.5. The molecule has 0 radical (unpaired) electrons. The van der Waals surface area contributed by atoms with E-state index in [-0.39, 0.29) is 44.4 Å². The van der Waals surface area contributed by atoms with Gasteiger partial charge in [0.2, 0.25) is 0 Å². The molecule has 0 aromatic rings. The Morgan fingerprint density at radius 1 is 0.688 bits per heavy atom.